The molecule has 0 unspecified atom stereocenters. The largest absolute Gasteiger partial charge is 0.377 e. The molecule has 1 aromatic heterocycles. The van der Waals surface area contributed by atoms with Crippen LogP contribution in [-0.2, 0) is 10.2 Å². The molecule has 0 aliphatic carbocycles. The highest BCUT2D eigenvalue weighted by Crippen LogP contribution is 2.32. The van der Waals surface area contributed by atoms with E-state index in [0.717, 1.165) is 18.7 Å². The molecule has 3 heteroatoms. The molecule has 0 N–H and O–H groups in total. The fraction of sp³-hybridized carbons (Fsp3) is 0.500. The van der Waals surface area contributed by atoms with E-state index in [1.54, 1.807) is 6.20 Å². The van der Waals surface area contributed by atoms with Crippen LogP contribution in [-0.4, -0.2) is 18.2 Å². The van der Waals surface area contributed by atoms with Crippen molar-refractivity contribution >= 4 is 17.2 Å². The van der Waals surface area contributed by atoms with E-state index in [9.17, 15) is 0 Å². The van der Waals surface area contributed by atoms with Crippen LogP contribution in [0.2, 0.25) is 5.02 Å². The van der Waals surface area contributed by atoms with E-state index in [1.807, 2.05) is 6.07 Å². The highest BCUT2D eigenvalue weighted by molar-refractivity contribution is 6.30. The number of ether oxygens (including phenoxy) is 1. The molecule has 2 nitrogen and oxygen atoms in total. The lowest BCUT2D eigenvalue weighted by Crippen LogP contribution is -2.17. The Morgan fingerprint density at radius 2 is 2.12 bits per heavy atom. The Morgan fingerprint density at radius 3 is 2.71 bits per heavy atom. The SMILES string of the molecule is CC(C)(C)c1ncc(Cl)cc1C1=CCOCC1. The van der Waals surface area contributed by atoms with E-state index < -0.39 is 0 Å². The summed E-state index contributed by atoms with van der Waals surface area (Å²) in [4.78, 5) is 4.51. The molecule has 0 aromatic carbocycles. The van der Waals surface area contributed by atoms with E-state index >= 15 is 0 Å². The van der Waals surface area contributed by atoms with Crippen molar-refractivity contribution in [2.45, 2.75) is 32.6 Å². The number of hydrogen-bond donors (Lipinski definition) is 0. The minimum atomic E-state index is 0.0269. The Kier molecular flexibility index (Phi) is 3.55. The van der Waals surface area contributed by atoms with Crippen LogP contribution in [0, 0.1) is 0 Å². The van der Waals surface area contributed by atoms with Crippen molar-refractivity contribution in [3.63, 3.8) is 0 Å². The number of rotatable bonds is 1. The van der Waals surface area contributed by atoms with Crippen LogP contribution >= 0.6 is 11.6 Å². The lowest BCUT2D eigenvalue weighted by molar-refractivity contribution is 0.161. The van der Waals surface area contributed by atoms with Crippen LogP contribution < -0.4 is 0 Å². The van der Waals surface area contributed by atoms with Gasteiger partial charge in [-0.3, -0.25) is 4.98 Å². The van der Waals surface area contributed by atoms with E-state index in [-0.39, 0.29) is 5.41 Å². The van der Waals surface area contributed by atoms with Crippen molar-refractivity contribution in [1.82, 2.24) is 4.98 Å². The van der Waals surface area contributed by atoms with Gasteiger partial charge in [0.2, 0.25) is 0 Å². The molecule has 2 heterocycles. The second-order valence-corrected chi connectivity index (χ2v) is 5.79. The van der Waals surface area contributed by atoms with Gasteiger partial charge in [0.25, 0.3) is 0 Å². The molecule has 1 aromatic rings. The number of pyridine rings is 1. The lowest BCUT2D eigenvalue weighted by atomic mass is 9.85. The first-order valence-electron chi connectivity index (χ1n) is 5.91. The summed E-state index contributed by atoms with van der Waals surface area (Å²) in [7, 11) is 0. The zero-order valence-electron chi connectivity index (χ0n) is 10.6. The smallest absolute Gasteiger partial charge is 0.0653 e. The van der Waals surface area contributed by atoms with E-state index in [1.165, 1.54) is 11.1 Å². The molecular formula is C14H18ClNO. The maximum atomic E-state index is 6.07. The molecule has 0 amide bonds. The van der Waals surface area contributed by atoms with Crippen molar-refractivity contribution in [2.24, 2.45) is 0 Å². The van der Waals surface area contributed by atoms with Gasteiger partial charge in [-0.05, 0) is 18.1 Å². The summed E-state index contributed by atoms with van der Waals surface area (Å²) in [5.41, 5.74) is 3.61. The first-order chi connectivity index (χ1) is 7.98. The quantitative estimate of drug-likeness (QED) is 0.757. The molecule has 0 fully saturated rings. The molecular weight excluding hydrogens is 234 g/mol. The van der Waals surface area contributed by atoms with E-state index in [4.69, 9.17) is 16.3 Å². The molecule has 0 saturated carbocycles. The Morgan fingerprint density at radius 1 is 1.35 bits per heavy atom. The van der Waals surface area contributed by atoms with Crippen LogP contribution in [0.25, 0.3) is 5.57 Å². The zero-order chi connectivity index (χ0) is 12.5. The highest BCUT2D eigenvalue weighted by Gasteiger charge is 2.22. The van der Waals surface area contributed by atoms with Gasteiger partial charge < -0.3 is 4.74 Å². The average Bonchev–Trinajstić information content (AvgIpc) is 2.28. The first kappa shape index (κ1) is 12.6. The third-order valence-corrected chi connectivity index (χ3v) is 3.08. The predicted molar refractivity (Wildman–Crippen MR) is 71.4 cm³/mol. The van der Waals surface area contributed by atoms with Gasteiger partial charge in [0, 0.05) is 17.2 Å². The molecule has 92 valence electrons. The predicted octanol–water partition coefficient (Wildman–Crippen LogP) is 3.84. The fourth-order valence-corrected chi connectivity index (χ4v) is 2.21. The van der Waals surface area contributed by atoms with Crippen molar-refractivity contribution in [3.05, 3.63) is 34.6 Å². The maximum absolute atomic E-state index is 6.07. The number of hydrogen-bond acceptors (Lipinski definition) is 2. The van der Waals surface area contributed by atoms with Gasteiger partial charge >= 0.3 is 0 Å². The number of aromatic nitrogens is 1. The second-order valence-electron chi connectivity index (χ2n) is 5.35. The first-order valence-corrected chi connectivity index (χ1v) is 6.29. The average molecular weight is 252 g/mol. The maximum Gasteiger partial charge on any atom is 0.0653 e. The van der Waals surface area contributed by atoms with Gasteiger partial charge in [0.15, 0.2) is 0 Å². The third kappa shape index (κ3) is 2.88. The number of nitrogens with zero attached hydrogens (tertiary/aromatic N) is 1. The summed E-state index contributed by atoms with van der Waals surface area (Å²) in [6.45, 7) is 7.99. The van der Waals surface area contributed by atoms with Crippen LogP contribution in [0.5, 0.6) is 0 Å². The van der Waals surface area contributed by atoms with Gasteiger partial charge in [-0.25, -0.2) is 0 Å². The molecule has 17 heavy (non-hydrogen) atoms. The van der Waals surface area contributed by atoms with Crippen molar-refractivity contribution < 1.29 is 4.74 Å². The summed E-state index contributed by atoms with van der Waals surface area (Å²) < 4.78 is 5.35. The van der Waals surface area contributed by atoms with Gasteiger partial charge in [-0.2, -0.15) is 0 Å². The third-order valence-electron chi connectivity index (χ3n) is 2.87. The minimum absolute atomic E-state index is 0.0269. The molecule has 0 spiro atoms. The summed E-state index contributed by atoms with van der Waals surface area (Å²) in [6.07, 6.45) is 4.79. The van der Waals surface area contributed by atoms with Crippen molar-refractivity contribution in [2.75, 3.05) is 13.2 Å². The Bertz CT molecular complexity index is 446. The minimum Gasteiger partial charge on any atom is -0.377 e. The summed E-state index contributed by atoms with van der Waals surface area (Å²) in [6, 6.07) is 2.02. The Hall–Kier alpha value is -0.860. The van der Waals surface area contributed by atoms with Crippen molar-refractivity contribution in [3.8, 4) is 0 Å². The number of halogens is 1. The van der Waals surface area contributed by atoms with Gasteiger partial charge in [-0.1, -0.05) is 38.4 Å². The fourth-order valence-electron chi connectivity index (χ4n) is 2.05. The monoisotopic (exact) mass is 251 g/mol. The summed E-state index contributed by atoms with van der Waals surface area (Å²) in [5, 5.41) is 0.695. The Balaban J connectivity index is 2.50. The van der Waals surface area contributed by atoms with Crippen LogP contribution in [0.4, 0.5) is 0 Å². The summed E-state index contributed by atoms with van der Waals surface area (Å²) in [5.74, 6) is 0. The molecule has 0 radical (unpaired) electrons. The second kappa shape index (κ2) is 4.79. The lowest BCUT2D eigenvalue weighted by Gasteiger charge is -2.24. The van der Waals surface area contributed by atoms with Gasteiger partial charge in [0.05, 0.1) is 23.9 Å². The van der Waals surface area contributed by atoms with Gasteiger partial charge in [-0.15, -0.1) is 0 Å². The molecule has 0 saturated heterocycles. The van der Waals surface area contributed by atoms with E-state index in [0.29, 0.717) is 11.6 Å². The zero-order valence-corrected chi connectivity index (χ0v) is 11.3. The molecule has 2 rings (SSSR count). The van der Waals surface area contributed by atoms with Crippen LogP contribution in [0.1, 0.15) is 38.4 Å². The van der Waals surface area contributed by atoms with Crippen molar-refractivity contribution in [1.29, 1.82) is 0 Å². The molecule has 0 atom stereocenters. The normalized spacial score (nSPS) is 16.8. The van der Waals surface area contributed by atoms with Crippen LogP contribution in [0.15, 0.2) is 18.3 Å². The van der Waals surface area contributed by atoms with E-state index in [2.05, 4.69) is 31.8 Å². The van der Waals surface area contributed by atoms with Crippen LogP contribution in [0.3, 0.4) is 0 Å². The molecule has 1 aliphatic rings. The topological polar surface area (TPSA) is 22.1 Å². The molecule has 1 aliphatic heterocycles. The highest BCUT2D eigenvalue weighted by atomic mass is 35.5. The molecule has 0 bridgehead atoms. The Labute approximate surface area is 108 Å². The summed E-state index contributed by atoms with van der Waals surface area (Å²) >= 11 is 6.07. The van der Waals surface area contributed by atoms with Gasteiger partial charge in [0.1, 0.15) is 0 Å². The standard InChI is InChI=1S/C14H18ClNO/c1-14(2,3)13-12(8-11(15)9-16-13)10-4-6-17-7-5-10/h4,8-9H,5-7H2,1-3H3.